The van der Waals surface area contributed by atoms with Gasteiger partial charge in [-0.2, -0.15) is 0 Å². The molecular weight excluding hydrogens is 284 g/mol. The molecule has 128 valence electrons. The van der Waals surface area contributed by atoms with Crippen LogP contribution < -0.4 is 0 Å². The summed E-state index contributed by atoms with van der Waals surface area (Å²) in [6.45, 7) is 7.42. The molecule has 0 spiro atoms. The lowest BCUT2D eigenvalue weighted by molar-refractivity contribution is -0.0304. The lowest BCUT2D eigenvalue weighted by atomic mass is 9.51. The van der Waals surface area contributed by atoms with Gasteiger partial charge in [0.2, 0.25) is 0 Å². The fraction of sp³-hybridized carbons (Fsp3) is 0.714. The molecule has 2 nitrogen and oxygen atoms in total. The van der Waals surface area contributed by atoms with Gasteiger partial charge in [0, 0.05) is 6.61 Å². The van der Waals surface area contributed by atoms with E-state index >= 15 is 0 Å². The number of fused-ring (bicyclic) bond motifs is 3. The molecule has 2 aliphatic carbocycles. The standard InChI is InChI=1S/C21H32O2/c1-4-5-16(13-22)21(3)11-10-20-18(14(21)2)8-6-15-12-17(23)7-9-19(15)20/h7,9,12,14,16,18,20,22-23H,4-6,8,10-11,13H2,1-3H3. The van der Waals surface area contributed by atoms with Crippen molar-refractivity contribution in [2.24, 2.45) is 23.2 Å². The number of phenols is 1. The molecule has 5 unspecified atom stereocenters. The van der Waals surface area contributed by atoms with Crippen LogP contribution in [0.15, 0.2) is 18.2 Å². The first-order chi connectivity index (χ1) is 11.0. The molecule has 1 fully saturated rings. The summed E-state index contributed by atoms with van der Waals surface area (Å²) in [5.74, 6) is 2.84. The molecule has 0 amide bonds. The van der Waals surface area contributed by atoms with Gasteiger partial charge in [-0.1, -0.05) is 33.3 Å². The van der Waals surface area contributed by atoms with Gasteiger partial charge in [-0.05, 0) is 84.5 Å². The van der Waals surface area contributed by atoms with E-state index in [-0.39, 0.29) is 5.41 Å². The molecule has 2 heteroatoms. The van der Waals surface area contributed by atoms with Gasteiger partial charge in [0.1, 0.15) is 5.75 Å². The number of benzene rings is 1. The fourth-order valence-electron chi connectivity index (χ4n) is 5.63. The molecule has 0 saturated heterocycles. The largest absolute Gasteiger partial charge is 0.508 e. The highest BCUT2D eigenvalue weighted by atomic mass is 16.3. The number of aliphatic hydroxyl groups excluding tert-OH is 1. The van der Waals surface area contributed by atoms with E-state index in [2.05, 4.69) is 26.8 Å². The Morgan fingerprint density at radius 1 is 1.30 bits per heavy atom. The molecule has 2 N–H and O–H groups in total. The molecule has 0 bridgehead atoms. The zero-order valence-electron chi connectivity index (χ0n) is 14.9. The van der Waals surface area contributed by atoms with E-state index in [0.29, 0.717) is 30.1 Å². The highest BCUT2D eigenvalue weighted by Gasteiger charge is 2.48. The summed E-state index contributed by atoms with van der Waals surface area (Å²) < 4.78 is 0. The first-order valence-electron chi connectivity index (χ1n) is 9.44. The first-order valence-corrected chi connectivity index (χ1v) is 9.44. The second kappa shape index (κ2) is 6.47. The highest BCUT2D eigenvalue weighted by Crippen LogP contribution is 2.57. The Morgan fingerprint density at radius 3 is 2.78 bits per heavy atom. The third-order valence-corrected chi connectivity index (χ3v) is 7.26. The third kappa shape index (κ3) is 2.80. The van der Waals surface area contributed by atoms with Gasteiger partial charge in [0.05, 0.1) is 0 Å². The maximum Gasteiger partial charge on any atom is 0.115 e. The van der Waals surface area contributed by atoms with Crippen LogP contribution in [-0.4, -0.2) is 16.8 Å². The van der Waals surface area contributed by atoms with Crippen LogP contribution in [-0.2, 0) is 6.42 Å². The second-order valence-electron chi connectivity index (χ2n) is 8.19. The van der Waals surface area contributed by atoms with Gasteiger partial charge in [-0.25, -0.2) is 0 Å². The van der Waals surface area contributed by atoms with E-state index in [9.17, 15) is 10.2 Å². The van der Waals surface area contributed by atoms with E-state index in [1.54, 1.807) is 0 Å². The van der Waals surface area contributed by atoms with Gasteiger partial charge in [0.25, 0.3) is 0 Å². The van der Waals surface area contributed by atoms with Gasteiger partial charge in [-0.15, -0.1) is 0 Å². The number of aryl methyl sites for hydroxylation is 1. The van der Waals surface area contributed by atoms with Crippen LogP contribution in [0.5, 0.6) is 5.75 Å². The van der Waals surface area contributed by atoms with E-state index in [4.69, 9.17) is 0 Å². The van der Waals surface area contributed by atoms with Crippen molar-refractivity contribution in [3.63, 3.8) is 0 Å². The molecule has 0 heterocycles. The van der Waals surface area contributed by atoms with Crippen molar-refractivity contribution in [2.45, 2.75) is 65.2 Å². The van der Waals surface area contributed by atoms with Crippen LogP contribution in [0.3, 0.4) is 0 Å². The number of aromatic hydroxyl groups is 1. The number of hydrogen-bond acceptors (Lipinski definition) is 2. The molecule has 0 aliphatic heterocycles. The second-order valence-corrected chi connectivity index (χ2v) is 8.19. The smallest absolute Gasteiger partial charge is 0.115 e. The fourth-order valence-corrected chi connectivity index (χ4v) is 5.63. The Balaban J connectivity index is 1.87. The molecular formula is C21H32O2. The van der Waals surface area contributed by atoms with Crippen molar-refractivity contribution in [3.05, 3.63) is 29.3 Å². The SMILES string of the molecule is CCCC(CO)C1(C)CCC2c3ccc(O)cc3CCC2C1C. The summed E-state index contributed by atoms with van der Waals surface area (Å²) in [5, 5.41) is 19.7. The van der Waals surface area contributed by atoms with E-state index in [1.165, 1.54) is 30.4 Å². The van der Waals surface area contributed by atoms with Crippen molar-refractivity contribution < 1.29 is 10.2 Å². The molecule has 1 aromatic carbocycles. The van der Waals surface area contributed by atoms with Crippen molar-refractivity contribution in [1.29, 1.82) is 0 Å². The zero-order chi connectivity index (χ0) is 16.6. The molecule has 5 atom stereocenters. The quantitative estimate of drug-likeness (QED) is 0.831. The topological polar surface area (TPSA) is 40.5 Å². The molecule has 1 aromatic rings. The number of phenolic OH excluding ortho intramolecular Hbond substituents is 1. The predicted molar refractivity (Wildman–Crippen MR) is 94.6 cm³/mol. The van der Waals surface area contributed by atoms with E-state index < -0.39 is 0 Å². The Morgan fingerprint density at radius 2 is 2.09 bits per heavy atom. The normalized spacial score (nSPS) is 34.5. The van der Waals surface area contributed by atoms with E-state index in [1.807, 2.05) is 12.1 Å². The number of hydrogen-bond donors (Lipinski definition) is 2. The summed E-state index contributed by atoms with van der Waals surface area (Å²) in [6, 6.07) is 5.98. The zero-order valence-corrected chi connectivity index (χ0v) is 14.9. The van der Waals surface area contributed by atoms with Crippen LogP contribution in [0.4, 0.5) is 0 Å². The van der Waals surface area contributed by atoms with Crippen molar-refractivity contribution in [2.75, 3.05) is 6.61 Å². The van der Waals surface area contributed by atoms with Crippen molar-refractivity contribution >= 4 is 0 Å². The summed E-state index contributed by atoms with van der Waals surface area (Å²) in [5.41, 5.74) is 3.10. The minimum absolute atomic E-state index is 0.264. The predicted octanol–water partition coefficient (Wildman–Crippen LogP) is 4.88. The summed E-state index contributed by atoms with van der Waals surface area (Å²) >= 11 is 0. The molecule has 23 heavy (non-hydrogen) atoms. The molecule has 3 rings (SSSR count). The lowest BCUT2D eigenvalue weighted by Gasteiger charge is -2.53. The van der Waals surface area contributed by atoms with Crippen LogP contribution >= 0.6 is 0 Å². The molecule has 0 aromatic heterocycles. The maximum absolute atomic E-state index is 9.95. The Hall–Kier alpha value is -1.02. The summed E-state index contributed by atoms with van der Waals surface area (Å²) in [7, 11) is 0. The summed E-state index contributed by atoms with van der Waals surface area (Å²) in [4.78, 5) is 0. The van der Waals surface area contributed by atoms with E-state index in [0.717, 1.165) is 25.2 Å². The molecule has 0 radical (unpaired) electrons. The number of aliphatic hydroxyl groups is 1. The average Bonchev–Trinajstić information content (AvgIpc) is 2.55. The van der Waals surface area contributed by atoms with Crippen molar-refractivity contribution in [3.8, 4) is 5.75 Å². The average molecular weight is 316 g/mol. The third-order valence-electron chi connectivity index (χ3n) is 7.26. The molecule has 1 saturated carbocycles. The van der Waals surface area contributed by atoms with Crippen LogP contribution in [0, 0.1) is 23.2 Å². The Kier molecular flexibility index (Phi) is 4.73. The van der Waals surface area contributed by atoms with Gasteiger partial charge < -0.3 is 10.2 Å². The summed E-state index contributed by atoms with van der Waals surface area (Å²) in [6.07, 6.45) is 7.04. The first kappa shape index (κ1) is 16.8. The monoisotopic (exact) mass is 316 g/mol. The maximum atomic E-state index is 9.95. The van der Waals surface area contributed by atoms with Crippen molar-refractivity contribution in [1.82, 2.24) is 0 Å². The van der Waals surface area contributed by atoms with Gasteiger partial charge in [-0.3, -0.25) is 0 Å². The van der Waals surface area contributed by atoms with Gasteiger partial charge >= 0.3 is 0 Å². The minimum atomic E-state index is 0.264. The van der Waals surface area contributed by atoms with Crippen LogP contribution in [0.25, 0.3) is 0 Å². The van der Waals surface area contributed by atoms with Gasteiger partial charge in [0.15, 0.2) is 0 Å². The highest BCUT2D eigenvalue weighted by molar-refractivity contribution is 5.39. The molecule has 2 aliphatic rings. The van der Waals surface area contributed by atoms with Crippen LogP contribution in [0.1, 0.15) is 69.9 Å². The lowest BCUT2D eigenvalue weighted by Crippen LogP contribution is -2.46. The minimum Gasteiger partial charge on any atom is -0.508 e. The Labute approximate surface area is 140 Å². The van der Waals surface area contributed by atoms with Crippen LogP contribution in [0.2, 0.25) is 0 Å². The Bertz CT molecular complexity index is 553. The number of rotatable bonds is 4.